The van der Waals surface area contributed by atoms with Crippen LogP contribution in [0.15, 0.2) is 18.2 Å². The van der Waals surface area contributed by atoms with Crippen LogP contribution in [0.5, 0.6) is 0 Å². The molecule has 0 unspecified atom stereocenters. The molecule has 3 heteroatoms. The molecule has 1 amide bonds. The molecule has 0 atom stereocenters. The van der Waals surface area contributed by atoms with Crippen LogP contribution in [0, 0.1) is 6.92 Å². The Kier molecular flexibility index (Phi) is 2.25. The van der Waals surface area contributed by atoms with Crippen LogP contribution >= 0.6 is 0 Å². The molecule has 1 aromatic carbocycles. The van der Waals surface area contributed by atoms with Crippen molar-refractivity contribution in [3.05, 3.63) is 29.3 Å². The highest BCUT2D eigenvalue weighted by Crippen LogP contribution is 2.25. The third kappa shape index (κ3) is 1.63. The Bertz CT molecular complexity index is 374. The van der Waals surface area contributed by atoms with Crippen molar-refractivity contribution >= 4 is 11.6 Å². The normalized spacial score (nSPS) is 14.7. The van der Waals surface area contributed by atoms with Gasteiger partial charge in [0.05, 0.1) is 6.61 Å². The van der Waals surface area contributed by atoms with Gasteiger partial charge >= 0.3 is 0 Å². The van der Waals surface area contributed by atoms with Gasteiger partial charge in [0, 0.05) is 12.8 Å². The van der Waals surface area contributed by atoms with E-state index in [2.05, 4.69) is 0 Å². The summed E-state index contributed by atoms with van der Waals surface area (Å²) in [4.78, 5) is 12.7. The van der Waals surface area contributed by atoms with Crippen LogP contribution in [0.4, 0.5) is 5.69 Å². The largest absolute Gasteiger partial charge is 0.380 e. The first-order valence-electron chi connectivity index (χ1n) is 4.61. The van der Waals surface area contributed by atoms with Gasteiger partial charge in [-0.25, -0.2) is 0 Å². The van der Waals surface area contributed by atoms with Gasteiger partial charge in [0.25, 0.3) is 0 Å². The zero-order valence-electron chi connectivity index (χ0n) is 8.41. The summed E-state index contributed by atoms with van der Waals surface area (Å²) in [5.41, 5.74) is 3.32. The molecule has 0 spiro atoms. The van der Waals surface area contributed by atoms with Crippen molar-refractivity contribution in [1.82, 2.24) is 0 Å². The Balaban J connectivity index is 2.26. The van der Waals surface area contributed by atoms with Gasteiger partial charge in [0.15, 0.2) is 0 Å². The van der Waals surface area contributed by atoms with E-state index in [1.54, 1.807) is 12.0 Å². The number of aryl methyl sites for hydroxylation is 1. The van der Waals surface area contributed by atoms with E-state index in [1.807, 2.05) is 25.1 Å². The molecule has 0 aliphatic carbocycles. The molecule has 1 aliphatic rings. The highest BCUT2D eigenvalue weighted by atomic mass is 16.5. The van der Waals surface area contributed by atoms with Gasteiger partial charge in [-0.2, -0.15) is 0 Å². The minimum atomic E-state index is 0.192. The lowest BCUT2D eigenvalue weighted by Gasteiger charge is -2.07. The molecular formula is C11H13NO2. The lowest BCUT2D eigenvalue weighted by molar-refractivity contribution is -0.109. The van der Waals surface area contributed by atoms with Crippen LogP contribution in [-0.2, 0) is 16.1 Å². The molecular weight excluding hydrogens is 178 g/mol. The first-order chi connectivity index (χ1) is 6.72. The molecule has 1 aromatic rings. The average Bonchev–Trinajstić information content (AvgIpc) is 2.87. The number of nitrogens with zero attached hydrogens (tertiary/aromatic N) is 1. The van der Waals surface area contributed by atoms with Gasteiger partial charge < -0.3 is 9.64 Å². The number of hydrogen-bond donors (Lipinski definition) is 0. The first-order valence-corrected chi connectivity index (χ1v) is 4.61. The van der Waals surface area contributed by atoms with E-state index in [0.717, 1.165) is 11.3 Å². The molecule has 0 bridgehead atoms. The first kappa shape index (κ1) is 9.21. The van der Waals surface area contributed by atoms with Gasteiger partial charge in [0.2, 0.25) is 5.91 Å². The number of methoxy groups -OCH3 is 1. The number of amides is 1. The molecule has 1 fully saturated rings. The van der Waals surface area contributed by atoms with Crippen molar-refractivity contribution in [2.24, 2.45) is 0 Å². The predicted molar refractivity (Wildman–Crippen MR) is 54.2 cm³/mol. The topological polar surface area (TPSA) is 29.3 Å². The van der Waals surface area contributed by atoms with E-state index in [-0.39, 0.29) is 5.91 Å². The summed E-state index contributed by atoms with van der Waals surface area (Å²) >= 11 is 0. The molecule has 1 saturated heterocycles. The fraction of sp³-hybridized carbons (Fsp3) is 0.364. The smallest absolute Gasteiger partial charge is 0.247 e. The van der Waals surface area contributed by atoms with Gasteiger partial charge in [0.1, 0.15) is 6.54 Å². The number of carbonyl (C=O) groups is 1. The van der Waals surface area contributed by atoms with Crippen LogP contribution < -0.4 is 4.90 Å². The molecule has 0 N–H and O–H groups in total. The molecule has 74 valence electrons. The number of carbonyl (C=O) groups excluding carboxylic acids is 1. The Hall–Kier alpha value is -1.35. The quantitative estimate of drug-likeness (QED) is 0.677. The molecule has 1 aliphatic heterocycles. The molecule has 0 aromatic heterocycles. The van der Waals surface area contributed by atoms with Gasteiger partial charge in [-0.3, -0.25) is 4.79 Å². The van der Waals surface area contributed by atoms with E-state index in [4.69, 9.17) is 4.74 Å². The van der Waals surface area contributed by atoms with E-state index in [0.29, 0.717) is 13.2 Å². The van der Waals surface area contributed by atoms with Crippen molar-refractivity contribution in [1.29, 1.82) is 0 Å². The summed E-state index contributed by atoms with van der Waals surface area (Å²) in [6, 6.07) is 6.01. The number of hydrogen-bond acceptors (Lipinski definition) is 2. The Morgan fingerprint density at radius 1 is 1.50 bits per heavy atom. The zero-order chi connectivity index (χ0) is 10.1. The SMILES string of the molecule is COCc1cc(N2CC2=O)ccc1C. The number of ether oxygens (including phenoxy) is 1. The summed E-state index contributed by atoms with van der Waals surface area (Å²) in [5, 5.41) is 0. The predicted octanol–water partition coefficient (Wildman–Crippen LogP) is 1.49. The second kappa shape index (κ2) is 3.42. The molecule has 1 heterocycles. The Morgan fingerprint density at radius 3 is 2.79 bits per heavy atom. The maximum atomic E-state index is 10.9. The second-order valence-corrected chi connectivity index (χ2v) is 3.52. The average molecular weight is 191 g/mol. The van der Waals surface area contributed by atoms with Crippen molar-refractivity contribution in [2.75, 3.05) is 18.6 Å². The third-order valence-electron chi connectivity index (χ3n) is 2.44. The van der Waals surface area contributed by atoms with Crippen LogP contribution in [0.1, 0.15) is 11.1 Å². The Labute approximate surface area is 83.3 Å². The zero-order valence-corrected chi connectivity index (χ0v) is 8.41. The fourth-order valence-corrected chi connectivity index (χ4v) is 1.47. The van der Waals surface area contributed by atoms with E-state index in [1.165, 1.54) is 5.56 Å². The maximum absolute atomic E-state index is 10.9. The summed E-state index contributed by atoms with van der Waals surface area (Å²) in [5.74, 6) is 0.192. The third-order valence-corrected chi connectivity index (χ3v) is 2.44. The van der Waals surface area contributed by atoms with Crippen LogP contribution in [-0.4, -0.2) is 19.6 Å². The maximum Gasteiger partial charge on any atom is 0.247 e. The highest BCUT2D eigenvalue weighted by Gasteiger charge is 2.31. The van der Waals surface area contributed by atoms with Crippen LogP contribution in [0.25, 0.3) is 0 Å². The molecule has 14 heavy (non-hydrogen) atoms. The minimum absolute atomic E-state index is 0.192. The van der Waals surface area contributed by atoms with Crippen molar-refractivity contribution in [3.63, 3.8) is 0 Å². The van der Waals surface area contributed by atoms with E-state index in [9.17, 15) is 4.79 Å². The van der Waals surface area contributed by atoms with Crippen molar-refractivity contribution < 1.29 is 9.53 Å². The van der Waals surface area contributed by atoms with Crippen molar-refractivity contribution in [3.8, 4) is 0 Å². The van der Waals surface area contributed by atoms with Gasteiger partial charge in [-0.05, 0) is 30.2 Å². The summed E-state index contributed by atoms with van der Waals surface area (Å²) in [6.07, 6.45) is 0. The van der Waals surface area contributed by atoms with Gasteiger partial charge in [-0.15, -0.1) is 0 Å². The highest BCUT2D eigenvalue weighted by molar-refractivity contribution is 6.11. The molecule has 0 saturated carbocycles. The minimum Gasteiger partial charge on any atom is -0.380 e. The second-order valence-electron chi connectivity index (χ2n) is 3.52. The van der Waals surface area contributed by atoms with Gasteiger partial charge in [-0.1, -0.05) is 6.07 Å². The molecule has 2 rings (SSSR count). The van der Waals surface area contributed by atoms with Crippen molar-refractivity contribution in [2.45, 2.75) is 13.5 Å². The lowest BCUT2D eigenvalue weighted by atomic mass is 10.1. The van der Waals surface area contributed by atoms with E-state index < -0.39 is 0 Å². The molecule has 0 radical (unpaired) electrons. The fourth-order valence-electron chi connectivity index (χ4n) is 1.47. The molecule has 3 nitrogen and oxygen atoms in total. The number of benzene rings is 1. The summed E-state index contributed by atoms with van der Waals surface area (Å²) < 4.78 is 5.09. The summed E-state index contributed by atoms with van der Waals surface area (Å²) in [6.45, 7) is 3.19. The monoisotopic (exact) mass is 191 g/mol. The van der Waals surface area contributed by atoms with Crippen LogP contribution in [0.3, 0.4) is 0 Å². The Morgan fingerprint density at radius 2 is 2.21 bits per heavy atom. The van der Waals surface area contributed by atoms with E-state index >= 15 is 0 Å². The number of anilines is 1. The lowest BCUT2D eigenvalue weighted by Crippen LogP contribution is -1.97. The van der Waals surface area contributed by atoms with Crippen LogP contribution in [0.2, 0.25) is 0 Å². The number of rotatable bonds is 3. The standard InChI is InChI=1S/C11H13NO2/c1-8-3-4-10(12-6-11(12)13)5-9(8)7-14-2/h3-5H,6-7H2,1-2H3. The summed E-state index contributed by atoms with van der Waals surface area (Å²) in [7, 11) is 1.68.